The van der Waals surface area contributed by atoms with Crippen LogP contribution < -0.4 is 10.6 Å². The Kier molecular flexibility index (Phi) is 6.94. The maximum absolute atomic E-state index is 4.82. The molecule has 3 heterocycles. The van der Waals surface area contributed by atoms with Gasteiger partial charge in [0.2, 0.25) is 0 Å². The van der Waals surface area contributed by atoms with E-state index in [-0.39, 0.29) is 0 Å². The Labute approximate surface area is 184 Å². The number of benzene rings is 1. The van der Waals surface area contributed by atoms with E-state index in [1.165, 1.54) is 5.56 Å². The van der Waals surface area contributed by atoms with Crippen LogP contribution in [0.15, 0.2) is 72.1 Å². The van der Waals surface area contributed by atoms with Crippen molar-refractivity contribution in [1.29, 1.82) is 0 Å². The third-order valence-electron chi connectivity index (χ3n) is 5.59. The molecular formula is C24H31N7. The summed E-state index contributed by atoms with van der Waals surface area (Å²) in [6.45, 7) is 7.82. The molecule has 1 fully saturated rings. The number of pyridine rings is 1. The number of rotatable bonds is 7. The van der Waals surface area contributed by atoms with Crippen LogP contribution in [-0.2, 0) is 13.1 Å². The van der Waals surface area contributed by atoms with Crippen LogP contribution in [0.1, 0.15) is 31.4 Å². The zero-order valence-electron chi connectivity index (χ0n) is 18.3. The van der Waals surface area contributed by atoms with Crippen molar-refractivity contribution in [3.8, 4) is 5.82 Å². The predicted molar refractivity (Wildman–Crippen MR) is 124 cm³/mol. The highest BCUT2D eigenvalue weighted by molar-refractivity contribution is 5.80. The van der Waals surface area contributed by atoms with Gasteiger partial charge in [-0.15, -0.1) is 0 Å². The number of likely N-dealkylation sites (tertiary alicyclic amines) is 1. The Morgan fingerprint density at radius 3 is 2.77 bits per heavy atom. The van der Waals surface area contributed by atoms with Crippen LogP contribution >= 0.6 is 0 Å². The largest absolute Gasteiger partial charge is 0.357 e. The van der Waals surface area contributed by atoms with Gasteiger partial charge in [0, 0.05) is 50.3 Å². The second kappa shape index (κ2) is 10.2. The van der Waals surface area contributed by atoms with Gasteiger partial charge in [-0.25, -0.2) is 14.7 Å². The highest BCUT2D eigenvalue weighted by Gasteiger charge is 2.29. The summed E-state index contributed by atoms with van der Waals surface area (Å²) in [6, 6.07) is 17.5. The summed E-state index contributed by atoms with van der Waals surface area (Å²) in [7, 11) is 0. The van der Waals surface area contributed by atoms with Crippen molar-refractivity contribution in [3.63, 3.8) is 0 Å². The molecular weight excluding hydrogens is 386 g/mol. The van der Waals surface area contributed by atoms with Crippen LogP contribution in [0.3, 0.4) is 0 Å². The van der Waals surface area contributed by atoms with Gasteiger partial charge in [-0.3, -0.25) is 4.90 Å². The first-order valence-electron chi connectivity index (χ1n) is 11.0. The fourth-order valence-electron chi connectivity index (χ4n) is 4.01. The molecule has 2 aromatic heterocycles. The van der Waals surface area contributed by atoms with Gasteiger partial charge in [-0.1, -0.05) is 30.3 Å². The maximum Gasteiger partial charge on any atom is 0.191 e. The lowest BCUT2D eigenvalue weighted by atomic mass is 10.2. The molecule has 31 heavy (non-hydrogen) atoms. The Morgan fingerprint density at radius 2 is 2.00 bits per heavy atom. The standard InChI is InChI=1S/C24H31N7/c1-3-25-24(27-16-21-10-12-26-23(15-21)31-13-7-11-28-31)29-22-14-19(2)30(18-22)17-20-8-5-4-6-9-20/h4-13,15,19,22H,3,14,16-18H2,1-2H3,(H2,25,27,29). The van der Waals surface area contributed by atoms with Crippen LogP contribution in [0.4, 0.5) is 0 Å². The van der Waals surface area contributed by atoms with Crippen molar-refractivity contribution in [2.45, 2.75) is 45.4 Å². The summed E-state index contributed by atoms with van der Waals surface area (Å²) >= 11 is 0. The highest BCUT2D eigenvalue weighted by atomic mass is 15.3. The molecule has 0 amide bonds. The second-order valence-corrected chi connectivity index (χ2v) is 8.01. The average Bonchev–Trinajstić information content (AvgIpc) is 3.44. The summed E-state index contributed by atoms with van der Waals surface area (Å²) < 4.78 is 1.76. The van der Waals surface area contributed by atoms with Crippen molar-refractivity contribution in [3.05, 3.63) is 78.2 Å². The Bertz CT molecular complexity index is 969. The molecule has 0 bridgehead atoms. The van der Waals surface area contributed by atoms with E-state index in [4.69, 9.17) is 4.99 Å². The minimum absolute atomic E-state index is 0.383. The first-order valence-corrected chi connectivity index (χ1v) is 11.0. The summed E-state index contributed by atoms with van der Waals surface area (Å²) in [5.41, 5.74) is 2.46. The molecule has 7 heteroatoms. The zero-order chi connectivity index (χ0) is 21.5. The number of nitrogens with one attached hydrogen (secondary N) is 2. The Morgan fingerprint density at radius 1 is 1.13 bits per heavy atom. The van der Waals surface area contributed by atoms with E-state index in [2.05, 4.69) is 69.8 Å². The van der Waals surface area contributed by atoms with E-state index in [0.717, 1.165) is 43.4 Å². The lowest BCUT2D eigenvalue weighted by Crippen LogP contribution is -2.44. The average molecular weight is 418 g/mol. The lowest BCUT2D eigenvalue weighted by molar-refractivity contribution is 0.258. The smallest absolute Gasteiger partial charge is 0.191 e. The summed E-state index contributed by atoms with van der Waals surface area (Å²) in [6.07, 6.45) is 6.56. The number of aliphatic imine (C=N–C) groups is 1. The number of aromatic nitrogens is 3. The molecule has 4 rings (SSSR count). The first kappa shape index (κ1) is 21.1. The van der Waals surface area contributed by atoms with Crippen molar-refractivity contribution < 1.29 is 0 Å². The van der Waals surface area contributed by atoms with E-state index in [1.807, 2.05) is 30.6 Å². The number of hydrogen-bond acceptors (Lipinski definition) is 4. The summed E-state index contributed by atoms with van der Waals surface area (Å²) in [5.74, 6) is 1.66. The van der Waals surface area contributed by atoms with Crippen LogP contribution in [0, 0.1) is 0 Å². The first-order chi connectivity index (χ1) is 15.2. The number of nitrogens with zero attached hydrogens (tertiary/aromatic N) is 5. The molecule has 0 saturated carbocycles. The SMILES string of the molecule is CCNC(=NCc1ccnc(-n2cccn2)c1)NC1CC(C)N(Cc2ccccc2)C1. The zero-order valence-corrected chi connectivity index (χ0v) is 18.3. The van der Waals surface area contributed by atoms with Crippen molar-refractivity contribution in [1.82, 2.24) is 30.3 Å². The molecule has 3 aromatic rings. The molecule has 7 nitrogen and oxygen atoms in total. The third-order valence-corrected chi connectivity index (χ3v) is 5.59. The fraction of sp³-hybridized carbons (Fsp3) is 0.375. The monoisotopic (exact) mass is 417 g/mol. The van der Waals surface area contributed by atoms with Gasteiger partial charge in [0.1, 0.15) is 0 Å². The molecule has 1 aromatic carbocycles. The van der Waals surface area contributed by atoms with Gasteiger partial charge in [0.15, 0.2) is 11.8 Å². The van der Waals surface area contributed by atoms with Gasteiger partial charge in [0.25, 0.3) is 0 Å². The van der Waals surface area contributed by atoms with Crippen LogP contribution in [0.2, 0.25) is 0 Å². The molecule has 2 unspecified atom stereocenters. The number of guanidine groups is 1. The molecule has 2 atom stereocenters. The van der Waals surface area contributed by atoms with Crippen LogP contribution in [0.5, 0.6) is 0 Å². The maximum atomic E-state index is 4.82. The van der Waals surface area contributed by atoms with Gasteiger partial charge in [-0.05, 0) is 49.6 Å². The molecule has 0 radical (unpaired) electrons. The quantitative estimate of drug-likeness (QED) is 0.457. The minimum atomic E-state index is 0.383. The Balaban J connectivity index is 1.38. The molecule has 0 spiro atoms. The van der Waals surface area contributed by atoms with Gasteiger partial charge in [-0.2, -0.15) is 5.10 Å². The summed E-state index contributed by atoms with van der Waals surface area (Å²) in [5, 5.41) is 11.3. The lowest BCUT2D eigenvalue weighted by Gasteiger charge is -2.21. The van der Waals surface area contributed by atoms with E-state index in [1.54, 1.807) is 10.9 Å². The molecule has 2 N–H and O–H groups in total. The second-order valence-electron chi connectivity index (χ2n) is 8.01. The highest BCUT2D eigenvalue weighted by Crippen LogP contribution is 2.20. The van der Waals surface area contributed by atoms with E-state index in [9.17, 15) is 0 Å². The summed E-state index contributed by atoms with van der Waals surface area (Å²) in [4.78, 5) is 11.8. The van der Waals surface area contributed by atoms with E-state index < -0.39 is 0 Å². The van der Waals surface area contributed by atoms with Gasteiger partial charge >= 0.3 is 0 Å². The van der Waals surface area contributed by atoms with E-state index >= 15 is 0 Å². The third kappa shape index (κ3) is 5.70. The van der Waals surface area contributed by atoms with Crippen LogP contribution in [0.25, 0.3) is 5.82 Å². The van der Waals surface area contributed by atoms with Crippen molar-refractivity contribution in [2.75, 3.05) is 13.1 Å². The number of hydrogen-bond donors (Lipinski definition) is 2. The van der Waals surface area contributed by atoms with Gasteiger partial charge < -0.3 is 10.6 Å². The van der Waals surface area contributed by atoms with Crippen molar-refractivity contribution >= 4 is 5.96 Å². The van der Waals surface area contributed by atoms with E-state index in [0.29, 0.717) is 18.6 Å². The molecule has 162 valence electrons. The molecule has 1 aliphatic heterocycles. The van der Waals surface area contributed by atoms with Crippen molar-refractivity contribution in [2.24, 2.45) is 4.99 Å². The topological polar surface area (TPSA) is 70.4 Å². The van der Waals surface area contributed by atoms with Gasteiger partial charge in [0.05, 0.1) is 6.54 Å². The van der Waals surface area contributed by atoms with Crippen LogP contribution in [-0.4, -0.2) is 50.8 Å². The molecule has 1 saturated heterocycles. The molecule has 1 aliphatic rings. The fourth-order valence-corrected chi connectivity index (χ4v) is 4.01. The Hall–Kier alpha value is -3.19. The normalized spacial score (nSPS) is 19.5. The minimum Gasteiger partial charge on any atom is -0.357 e. The molecule has 0 aliphatic carbocycles. The predicted octanol–water partition coefficient (Wildman–Crippen LogP) is 2.99.